The Morgan fingerprint density at radius 2 is 2.38 bits per heavy atom. The van der Waals surface area contributed by atoms with E-state index in [-0.39, 0.29) is 17.2 Å². The zero-order valence-corrected chi connectivity index (χ0v) is 9.76. The van der Waals surface area contributed by atoms with Crippen molar-refractivity contribution in [3.8, 4) is 12.3 Å². The molecule has 4 nitrogen and oxygen atoms in total. The summed E-state index contributed by atoms with van der Waals surface area (Å²) in [5.74, 6) is 3.59. The number of terminal acetylenes is 1. The van der Waals surface area contributed by atoms with Gasteiger partial charge in [0, 0.05) is 12.3 Å². The summed E-state index contributed by atoms with van der Waals surface area (Å²) in [4.78, 5) is 24.7. The second-order valence-electron chi connectivity index (χ2n) is 4.16. The zero-order valence-electron chi connectivity index (χ0n) is 8.94. The van der Waals surface area contributed by atoms with Gasteiger partial charge in [0.1, 0.15) is 6.04 Å². The van der Waals surface area contributed by atoms with Gasteiger partial charge in [-0.25, -0.2) is 0 Å². The summed E-state index contributed by atoms with van der Waals surface area (Å²) in [5, 5.41) is 2.53. The lowest BCUT2D eigenvalue weighted by molar-refractivity contribution is -0.132. The maximum absolute atomic E-state index is 12.0. The van der Waals surface area contributed by atoms with Crippen LogP contribution in [0.2, 0.25) is 0 Å². The van der Waals surface area contributed by atoms with Gasteiger partial charge in [0.15, 0.2) is 0 Å². The van der Waals surface area contributed by atoms with Crippen molar-refractivity contribution in [3.05, 3.63) is 0 Å². The number of amides is 2. The molecule has 0 aromatic carbocycles. The Morgan fingerprint density at radius 3 is 2.88 bits per heavy atom. The van der Waals surface area contributed by atoms with Crippen molar-refractivity contribution in [2.75, 3.05) is 18.8 Å². The second-order valence-corrected chi connectivity index (χ2v) is 5.15. The number of hydrogen-bond acceptors (Lipinski definition) is 3. The average molecular weight is 238 g/mol. The van der Waals surface area contributed by atoms with Crippen LogP contribution in [-0.2, 0) is 4.79 Å². The smallest absolute Gasteiger partial charge is 0.279 e. The van der Waals surface area contributed by atoms with Gasteiger partial charge in [-0.1, -0.05) is 17.7 Å². The summed E-state index contributed by atoms with van der Waals surface area (Å²) in [7, 11) is 0. The fraction of sp³-hybridized carbons (Fsp3) is 0.636. The first-order valence-corrected chi connectivity index (χ1v) is 6.35. The predicted molar refractivity (Wildman–Crippen MR) is 62.9 cm³/mol. The van der Waals surface area contributed by atoms with Gasteiger partial charge in [-0.05, 0) is 18.8 Å². The molecule has 5 heteroatoms. The highest BCUT2D eigenvalue weighted by atomic mass is 32.2. The van der Waals surface area contributed by atoms with Crippen LogP contribution in [0.25, 0.3) is 0 Å². The maximum atomic E-state index is 12.0. The summed E-state index contributed by atoms with van der Waals surface area (Å²) >= 11 is 1.15. The Balaban J connectivity index is 1.92. The van der Waals surface area contributed by atoms with Crippen LogP contribution in [-0.4, -0.2) is 40.9 Å². The quantitative estimate of drug-likeness (QED) is 0.733. The molecule has 86 valence electrons. The van der Waals surface area contributed by atoms with E-state index in [0.29, 0.717) is 18.2 Å². The summed E-state index contributed by atoms with van der Waals surface area (Å²) in [5.41, 5.74) is 0. The summed E-state index contributed by atoms with van der Waals surface area (Å²) < 4.78 is 0. The third-order valence-electron chi connectivity index (χ3n) is 2.74. The molecule has 2 amide bonds. The molecular formula is C11H14N2O2S. The Kier molecular flexibility index (Phi) is 3.39. The van der Waals surface area contributed by atoms with Crippen LogP contribution < -0.4 is 5.32 Å². The first-order chi connectivity index (χ1) is 7.70. The minimum atomic E-state index is -0.385. The van der Waals surface area contributed by atoms with Crippen LogP contribution in [0.15, 0.2) is 0 Å². The number of hydrogen-bond donors (Lipinski definition) is 1. The number of carbonyl (C=O) groups is 2. The molecule has 0 bridgehead atoms. The van der Waals surface area contributed by atoms with E-state index in [2.05, 4.69) is 11.2 Å². The molecule has 1 N–H and O–H groups in total. The molecule has 1 heterocycles. The SMILES string of the molecule is C#CCN(CC1CC1)C(=O)C1CSC(=O)N1. The van der Waals surface area contributed by atoms with Crippen LogP contribution >= 0.6 is 11.8 Å². The minimum Gasteiger partial charge on any atom is -0.334 e. The zero-order chi connectivity index (χ0) is 11.5. The molecule has 2 aliphatic rings. The molecule has 0 aromatic heterocycles. The fourth-order valence-corrected chi connectivity index (χ4v) is 2.46. The third kappa shape index (κ3) is 2.70. The van der Waals surface area contributed by atoms with Gasteiger partial charge in [-0.2, -0.15) is 0 Å². The normalized spacial score (nSPS) is 23.7. The van der Waals surface area contributed by atoms with Gasteiger partial charge in [0.25, 0.3) is 5.24 Å². The molecule has 2 fully saturated rings. The first kappa shape index (κ1) is 11.3. The lowest BCUT2D eigenvalue weighted by Gasteiger charge is -2.23. The topological polar surface area (TPSA) is 49.4 Å². The number of thioether (sulfide) groups is 1. The van der Waals surface area contributed by atoms with E-state index in [1.165, 1.54) is 12.8 Å². The van der Waals surface area contributed by atoms with Crippen LogP contribution in [0.4, 0.5) is 4.79 Å². The van der Waals surface area contributed by atoms with Crippen molar-refractivity contribution >= 4 is 22.9 Å². The van der Waals surface area contributed by atoms with Crippen molar-refractivity contribution in [1.29, 1.82) is 0 Å². The monoisotopic (exact) mass is 238 g/mol. The molecule has 1 unspecified atom stereocenters. The number of nitrogens with one attached hydrogen (secondary N) is 1. The van der Waals surface area contributed by atoms with Crippen molar-refractivity contribution < 1.29 is 9.59 Å². The Bertz CT molecular complexity index is 346. The number of rotatable bonds is 4. The second kappa shape index (κ2) is 4.79. The predicted octanol–water partition coefficient (Wildman–Crippen LogP) is 0.683. The largest absolute Gasteiger partial charge is 0.334 e. The van der Waals surface area contributed by atoms with Gasteiger partial charge >= 0.3 is 0 Å². The molecule has 2 rings (SSSR count). The molecular weight excluding hydrogens is 224 g/mol. The first-order valence-electron chi connectivity index (χ1n) is 5.36. The standard InChI is InChI=1S/C11H14N2O2S/c1-2-5-13(6-8-3-4-8)10(14)9-7-16-11(15)12-9/h1,8-9H,3-7H2,(H,12,15). The van der Waals surface area contributed by atoms with E-state index in [1.54, 1.807) is 4.90 Å². The summed E-state index contributed by atoms with van der Waals surface area (Å²) in [6.07, 6.45) is 7.61. The number of carbonyl (C=O) groups excluding carboxylic acids is 2. The van der Waals surface area contributed by atoms with Gasteiger partial charge < -0.3 is 10.2 Å². The Hall–Kier alpha value is -1.15. The van der Waals surface area contributed by atoms with Crippen LogP contribution in [0.5, 0.6) is 0 Å². The van der Waals surface area contributed by atoms with Gasteiger partial charge in [0.2, 0.25) is 5.91 Å². The van der Waals surface area contributed by atoms with Crippen molar-refractivity contribution in [2.24, 2.45) is 5.92 Å². The highest BCUT2D eigenvalue weighted by molar-refractivity contribution is 8.14. The summed E-state index contributed by atoms with van der Waals surface area (Å²) in [6.45, 7) is 1.08. The number of nitrogens with zero attached hydrogens (tertiary/aromatic N) is 1. The molecule has 0 spiro atoms. The molecule has 1 aliphatic heterocycles. The highest BCUT2D eigenvalue weighted by Crippen LogP contribution is 2.30. The molecule has 1 saturated carbocycles. The molecule has 16 heavy (non-hydrogen) atoms. The van der Waals surface area contributed by atoms with E-state index in [4.69, 9.17) is 6.42 Å². The average Bonchev–Trinajstić information content (AvgIpc) is 2.97. The molecule has 1 saturated heterocycles. The van der Waals surface area contributed by atoms with Crippen LogP contribution in [0, 0.1) is 18.3 Å². The van der Waals surface area contributed by atoms with Gasteiger partial charge in [-0.15, -0.1) is 6.42 Å². The Labute approximate surface area is 99.1 Å². The Morgan fingerprint density at radius 1 is 1.62 bits per heavy atom. The van der Waals surface area contributed by atoms with Crippen LogP contribution in [0.3, 0.4) is 0 Å². The van der Waals surface area contributed by atoms with Crippen LogP contribution in [0.1, 0.15) is 12.8 Å². The van der Waals surface area contributed by atoms with Gasteiger partial charge in [-0.3, -0.25) is 9.59 Å². The van der Waals surface area contributed by atoms with E-state index >= 15 is 0 Å². The molecule has 0 aromatic rings. The van der Waals surface area contributed by atoms with Gasteiger partial charge in [0.05, 0.1) is 6.54 Å². The third-order valence-corrected chi connectivity index (χ3v) is 3.62. The van der Waals surface area contributed by atoms with E-state index in [9.17, 15) is 9.59 Å². The molecule has 1 atom stereocenters. The van der Waals surface area contributed by atoms with Crippen molar-refractivity contribution in [3.63, 3.8) is 0 Å². The fourth-order valence-electron chi connectivity index (χ4n) is 1.69. The molecule has 1 aliphatic carbocycles. The lowest BCUT2D eigenvalue weighted by atomic mass is 10.2. The minimum absolute atomic E-state index is 0.0387. The lowest BCUT2D eigenvalue weighted by Crippen LogP contribution is -2.46. The molecule has 0 radical (unpaired) electrons. The maximum Gasteiger partial charge on any atom is 0.279 e. The van der Waals surface area contributed by atoms with E-state index in [1.807, 2.05) is 0 Å². The summed E-state index contributed by atoms with van der Waals surface area (Å²) in [6, 6.07) is -0.385. The van der Waals surface area contributed by atoms with Crippen molar-refractivity contribution in [2.45, 2.75) is 18.9 Å². The van der Waals surface area contributed by atoms with E-state index < -0.39 is 0 Å². The highest BCUT2D eigenvalue weighted by Gasteiger charge is 2.33. The van der Waals surface area contributed by atoms with Crippen molar-refractivity contribution in [1.82, 2.24) is 10.2 Å². The van der Waals surface area contributed by atoms with E-state index in [0.717, 1.165) is 18.3 Å².